The first-order valence-corrected chi connectivity index (χ1v) is 8.43. The Balaban J connectivity index is 2.13. The fourth-order valence-electron chi connectivity index (χ4n) is 2.16. The number of amides is 1. The molecule has 26 heavy (non-hydrogen) atoms. The molecule has 6 heteroatoms. The number of ether oxygens (including phenoxy) is 2. The molecule has 5 nitrogen and oxygen atoms in total. The standard InChI is InChI=1S/C20H20ClNO4/c1-25-12-11-22-19(23)14-26-20(24)18(13-15-5-3-2-4-6-15)16-7-9-17(21)10-8-16/h2-10,13H,11-12,14H2,1H3,(H,22,23)/b18-13+. The molecule has 0 aliphatic heterocycles. The van der Waals surface area contributed by atoms with Crippen LogP contribution in [0.4, 0.5) is 0 Å². The van der Waals surface area contributed by atoms with E-state index in [0.717, 1.165) is 5.56 Å². The Morgan fingerprint density at radius 2 is 1.77 bits per heavy atom. The molecule has 0 spiro atoms. The lowest BCUT2D eigenvalue weighted by molar-refractivity contribution is -0.142. The summed E-state index contributed by atoms with van der Waals surface area (Å²) in [5.41, 5.74) is 1.85. The van der Waals surface area contributed by atoms with Crippen molar-refractivity contribution in [2.75, 3.05) is 26.9 Å². The summed E-state index contributed by atoms with van der Waals surface area (Å²) in [5.74, 6) is -0.969. The van der Waals surface area contributed by atoms with Gasteiger partial charge in [-0.05, 0) is 29.3 Å². The minimum atomic E-state index is -0.585. The number of carbonyl (C=O) groups excluding carboxylic acids is 2. The average Bonchev–Trinajstić information content (AvgIpc) is 2.66. The molecule has 0 aromatic heterocycles. The first-order chi connectivity index (χ1) is 12.6. The van der Waals surface area contributed by atoms with E-state index in [2.05, 4.69) is 5.32 Å². The number of hydrogen-bond donors (Lipinski definition) is 1. The highest BCUT2D eigenvalue weighted by Crippen LogP contribution is 2.22. The number of esters is 1. The van der Waals surface area contributed by atoms with Crippen molar-refractivity contribution in [3.63, 3.8) is 0 Å². The predicted octanol–water partition coefficient (Wildman–Crippen LogP) is 3.19. The molecule has 0 saturated heterocycles. The van der Waals surface area contributed by atoms with E-state index in [1.807, 2.05) is 30.3 Å². The van der Waals surface area contributed by atoms with Gasteiger partial charge in [0.15, 0.2) is 6.61 Å². The van der Waals surface area contributed by atoms with Crippen molar-refractivity contribution >= 4 is 35.1 Å². The predicted molar refractivity (Wildman–Crippen MR) is 102 cm³/mol. The monoisotopic (exact) mass is 373 g/mol. The summed E-state index contributed by atoms with van der Waals surface area (Å²) >= 11 is 5.92. The number of rotatable bonds is 8. The maximum Gasteiger partial charge on any atom is 0.339 e. The van der Waals surface area contributed by atoms with E-state index < -0.39 is 5.97 Å². The minimum absolute atomic E-state index is 0.345. The van der Waals surface area contributed by atoms with Crippen LogP contribution in [-0.4, -0.2) is 38.7 Å². The van der Waals surface area contributed by atoms with E-state index in [1.54, 1.807) is 37.5 Å². The first-order valence-electron chi connectivity index (χ1n) is 8.05. The molecule has 136 valence electrons. The molecule has 0 radical (unpaired) electrons. The fourth-order valence-corrected chi connectivity index (χ4v) is 2.28. The van der Waals surface area contributed by atoms with Crippen LogP contribution in [0, 0.1) is 0 Å². The maximum absolute atomic E-state index is 12.5. The molecule has 0 fully saturated rings. The van der Waals surface area contributed by atoms with Gasteiger partial charge in [-0.3, -0.25) is 4.79 Å². The summed E-state index contributed by atoms with van der Waals surface area (Å²) in [4.78, 5) is 24.2. The summed E-state index contributed by atoms with van der Waals surface area (Å²) in [6.45, 7) is 0.392. The second-order valence-corrected chi connectivity index (χ2v) is 5.83. The van der Waals surface area contributed by atoms with Gasteiger partial charge in [0.2, 0.25) is 0 Å². The third-order valence-electron chi connectivity index (χ3n) is 3.45. The second-order valence-electron chi connectivity index (χ2n) is 5.39. The molecular formula is C20H20ClNO4. The van der Waals surface area contributed by atoms with Crippen molar-refractivity contribution in [2.45, 2.75) is 0 Å². The average molecular weight is 374 g/mol. The van der Waals surface area contributed by atoms with Crippen LogP contribution >= 0.6 is 11.6 Å². The van der Waals surface area contributed by atoms with E-state index in [9.17, 15) is 9.59 Å². The molecule has 0 unspecified atom stereocenters. The Morgan fingerprint density at radius 3 is 2.42 bits per heavy atom. The van der Waals surface area contributed by atoms with E-state index in [1.165, 1.54) is 0 Å². The van der Waals surface area contributed by atoms with Gasteiger partial charge in [-0.1, -0.05) is 54.1 Å². The van der Waals surface area contributed by atoms with E-state index in [-0.39, 0.29) is 12.5 Å². The van der Waals surface area contributed by atoms with Gasteiger partial charge < -0.3 is 14.8 Å². The first kappa shape index (κ1) is 19.7. The Labute approximate surface area is 157 Å². The zero-order valence-electron chi connectivity index (χ0n) is 14.4. The molecule has 0 aliphatic rings. The number of halogens is 1. The van der Waals surface area contributed by atoms with Crippen LogP contribution in [0.25, 0.3) is 11.6 Å². The minimum Gasteiger partial charge on any atom is -0.452 e. The van der Waals surface area contributed by atoms with Crippen LogP contribution in [0.1, 0.15) is 11.1 Å². The van der Waals surface area contributed by atoms with Crippen LogP contribution in [0.5, 0.6) is 0 Å². The zero-order valence-corrected chi connectivity index (χ0v) is 15.2. The molecule has 0 heterocycles. The molecule has 0 saturated carbocycles. The van der Waals surface area contributed by atoms with Crippen LogP contribution in [0.2, 0.25) is 5.02 Å². The van der Waals surface area contributed by atoms with Crippen molar-refractivity contribution in [3.8, 4) is 0 Å². The van der Waals surface area contributed by atoms with Crippen LogP contribution in [-0.2, 0) is 19.1 Å². The maximum atomic E-state index is 12.5. The molecule has 0 bridgehead atoms. The summed E-state index contributed by atoms with van der Waals surface area (Å²) in [7, 11) is 1.54. The summed E-state index contributed by atoms with van der Waals surface area (Å²) in [5, 5.41) is 3.16. The van der Waals surface area contributed by atoms with E-state index >= 15 is 0 Å². The number of carbonyl (C=O) groups is 2. The van der Waals surface area contributed by atoms with Gasteiger partial charge in [0.05, 0.1) is 12.2 Å². The molecule has 0 atom stereocenters. The van der Waals surface area contributed by atoms with Gasteiger partial charge in [0.25, 0.3) is 5.91 Å². The van der Waals surface area contributed by atoms with Crippen LogP contribution in [0.15, 0.2) is 54.6 Å². The van der Waals surface area contributed by atoms with Gasteiger partial charge in [-0.2, -0.15) is 0 Å². The quantitative estimate of drug-likeness (QED) is 0.334. The van der Waals surface area contributed by atoms with Gasteiger partial charge in [0.1, 0.15) is 0 Å². The smallest absolute Gasteiger partial charge is 0.339 e. The van der Waals surface area contributed by atoms with E-state index in [4.69, 9.17) is 21.1 Å². The summed E-state index contributed by atoms with van der Waals surface area (Å²) in [6.07, 6.45) is 1.72. The normalized spacial score (nSPS) is 11.1. The van der Waals surface area contributed by atoms with Crippen molar-refractivity contribution in [2.24, 2.45) is 0 Å². The number of nitrogens with one attached hydrogen (secondary N) is 1. The molecular weight excluding hydrogens is 354 g/mol. The SMILES string of the molecule is COCCNC(=O)COC(=O)/C(=C/c1ccccc1)c1ccc(Cl)cc1. The van der Waals surface area contributed by atoms with Gasteiger partial charge in [-0.25, -0.2) is 4.79 Å². The van der Waals surface area contributed by atoms with Crippen LogP contribution < -0.4 is 5.32 Å². The van der Waals surface area contributed by atoms with Crippen molar-refractivity contribution in [1.29, 1.82) is 0 Å². The van der Waals surface area contributed by atoms with Gasteiger partial charge in [-0.15, -0.1) is 0 Å². The topological polar surface area (TPSA) is 64.6 Å². The molecule has 2 rings (SSSR count). The van der Waals surface area contributed by atoms with Crippen LogP contribution in [0.3, 0.4) is 0 Å². The Kier molecular flexibility index (Phi) is 7.86. The lowest BCUT2D eigenvalue weighted by atomic mass is 10.0. The van der Waals surface area contributed by atoms with Crippen molar-refractivity contribution in [1.82, 2.24) is 5.32 Å². The number of benzene rings is 2. The molecule has 1 N–H and O–H groups in total. The number of hydrogen-bond acceptors (Lipinski definition) is 4. The van der Waals surface area contributed by atoms with Gasteiger partial charge in [0, 0.05) is 18.7 Å². The van der Waals surface area contributed by atoms with Gasteiger partial charge >= 0.3 is 5.97 Å². The molecule has 1 amide bonds. The Bertz CT molecular complexity index is 757. The molecule has 0 aliphatic carbocycles. The largest absolute Gasteiger partial charge is 0.452 e. The highest BCUT2D eigenvalue weighted by Gasteiger charge is 2.15. The third-order valence-corrected chi connectivity index (χ3v) is 3.70. The second kappa shape index (κ2) is 10.4. The third kappa shape index (κ3) is 6.35. The van der Waals surface area contributed by atoms with E-state index in [0.29, 0.717) is 29.3 Å². The van der Waals surface area contributed by atoms with Crippen molar-refractivity contribution in [3.05, 3.63) is 70.7 Å². The summed E-state index contributed by atoms with van der Waals surface area (Å²) in [6, 6.07) is 16.2. The Hall–Kier alpha value is -2.63. The summed E-state index contributed by atoms with van der Waals surface area (Å²) < 4.78 is 10.0. The fraction of sp³-hybridized carbons (Fsp3) is 0.200. The molecule has 2 aromatic rings. The highest BCUT2D eigenvalue weighted by atomic mass is 35.5. The van der Waals surface area contributed by atoms with Crippen molar-refractivity contribution < 1.29 is 19.1 Å². The highest BCUT2D eigenvalue weighted by molar-refractivity contribution is 6.30. The number of methoxy groups -OCH3 is 1. The lowest BCUT2D eigenvalue weighted by Gasteiger charge is -2.10. The lowest BCUT2D eigenvalue weighted by Crippen LogP contribution is -2.31. The zero-order chi connectivity index (χ0) is 18.8. The molecule has 2 aromatic carbocycles. The Morgan fingerprint density at radius 1 is 1.08 bits per heavy atom.